The molecule has 0 aliphatic carbocycles. The normalized spacial score (nSPS) is 10.3. The number of carbonyl (C=O) groups is 1. The van der Waals surface area contributed by atoms with Gasteiger partial charge in [-0.25, -0.2) is 0 Å². The second kappa shape index (κ2) is 5.76. The summed E-state index contributed by atoms with van der Waals surface area (Å²) >= 11 is 9.51. The van der Waals surface area contributed by atoms with Crippen molar-refractivity contribution in [2.24, 2.45) is 0 Å². The Bertz CT molecular complexity index is 640. The summed E-state index contributed by atoms with van der Waals surface area (Å²) in [4.78, 5) is 12.2. The number of amides is 1. The maximum absolute atomic E-state index is 12.2. The lowest BCUT2D eigenvalue weighted by atomic mass is 10.1. The van der Waals surface area contributed by atoms with Gasteiger partial charge in [0.15, 0.2) is 0 Å². The second-order valence-corrected chi connectivity index (χ2v) is 5.68. The molecule has 1 N–H and O–H groups in total. The van der Waals surface area contributed by atoms with Gasteiger partial charge in [0.2, 0.25) is 0 Å². The molecule has 0 aliphatic rings. The van der Waals surface area contributed by atoms with Crippen LogP contribution in [0.3, 0.4) is 0 Å². The topological polar surface area (TPSA) is 29.1 Å². The third-order valence-corrected chi connectivity index (χ3v) is 3.71. The third-order valence-electron chi connectivity index (χ3n) is 2.74. The Morgan fingerprint density at radius 1 is 1.11 bits per heavy atom. The van der Waals surface area contributed by atoms with Crippen molar-refractivity contribution in [3.05, 3.63) is 62.6 Å². The molecule has 0 fully saturated rings. The average molecular weight is 339 g/mol. The lowest BCUT2D eigenvalue weighted by Crippen LogP contribution is -2.13. The van der Waals surface area contributed by atoms with Crippen LogP contribution in [-0.2, 0) is 0 Å². The van der Waals surface area contributed by atoms with Crippen LogP contribution in [0.25, 0.3) is 0 Å². The molecule has 0 saturated heterocycles. The summed E-state index contributed by atoms with van der Waals surface area (Å²) in [5, 5.41) is 3.30. The highest BCUT2D eigenvalue weighted by molar-refractivity contribution is 9.10. The van der Waals surface area contributed by atoms with Gasteiger partial charge < -0.3 is 5.32 Å². The molecule has 2 nitrogen and oxygen atoms in total. The maximum Gasteiger partial charge on any atom is 0.257 e. The number of nitrogens with one attached hydrogen (secondary N) is 1. The fourth-order valence-corrected chi connectivity index (χ4v) is 2.63. The van der Waals surface area contributed by atoms with Gasteiger partial charge in [0, 0.05) is 4.47 Å². The summed E-state index contributed by atoms with van der Waals surface area (Å²) in [6.07, 6.45) is 0. The van der Waals surface area contributed by atoms with E-state index in [0.29, 0.717) is 10.6 Å². The van der Waals surface area contributed by atoms with Crippen molar-refractivity contribution in [3.63, 3.8) is 0 Å². The molecule has 0 unspecified atom stereocenters. The summed E-state index contributed by atoms with van der Waals surface area (Å²) < 4.78 is 0.851. The third kappa shape index (κ3) is 3.37. The number of carbonyl (C=O) groups excluding carboxylic acids is 1. The minimum atomic E-state index is -0.213. The number of anilines is 1. The van der Waals surface area contributed by atoms with E-state index in [1.54, 1.807) is 12.1 Å². The molecule has 2 rings (SSSR count). The van der Waals surface area contributed by atoms with E-state index in [9.17, 15) is 4.79 Å². The summed E-state index contributed by atoms with van der Waals surface area (Å²) in [6, 6.07) is 11.1. The largest absolute Gasteiger partial charge is 0.321 e. The number of rotatable bonds is 2. The molecule has 0 heterocycles. The Labute approximate surface area is 125 Å². The minimum Gasteiger partial charge on any atom is -0.321 e. The van der Waals surface area contributed by atoms with Gasteiger partial charge in [0.1, 0.15) is 0 Å². The van der Waals surface area contributed by atoms with Crippen LogP contribution in [-0.4, -0.2) is 5.91 Å². The first-order valence-corrected chi connectivity index (χ1v) is 6.98. The van der Waals surface area contributed by atoms with E-state index in [2.05, 4.69) is 21.2 Å². The maximum atomic E-state index is 12.2. The van der Waals surface area contributed by atoms with Crippen molar-refractivity contribution in [3.8, 4) is 0 Å². The summed E-state index contributed by atoms with van der Waals surface area (Å²) in [7, 11) is 0. The highest BCUT2D eigenvalue weighted by Crippen LogP contribution is 2.25. The summed E-state index contributed by atoms with van der Waals surface area (Å²) in [5.41, 5.74) is 3.35. The standard InChI is InChI=1S/C15H13BrClNO/c1-9-4-6-14(12(16)7-9)18-15(19)11-5-3-10(2)8-13(11)17/h3-8H,1-2H3,(H,18,19). The van der Waals surface area contributed by atoms with Crippen molar-refractivity contribution >= 4 is 39.1 Å². The zero-order valence-electron chi connectivity index (χ0n) is 10.6. The number of halogens is 2. The fraction of sp³-hybridized carbons (Fsp3) is 0.133. The van der Waals surface area contributed by atoms with Crippen molar-refractivity contribution in [2.45, 2.75) is 13.8 Å². The van der Waals surface area contributed by atoms with Crippen molar-refractivity contribution in [1.29, 1.82) is 0 Å². The summed E-state index contributed by atoms with van der Waals surface area (Å²) in [6.45, 7) is 3.93. The first-order valence-electron chi connectivity index (χ1n) is 5.81. The van der Waals surface area contributed by atoms with Crippen LogP contribution in [0.15, 0.2) is 40.9 Å². The Hall–Kier alpha value is -1.32. The van der Waals surface area contributed by atoms with Crippen LogP contribution in [0.4, 0.5) is 5.69 Å². The number of aryl methyl sites for hydroxylation is 2. The Balaban J connectivity index is 2.25. The molecule has 98 valence electrons. The highest BCUT2D eigenvalue weighted by atomic mass is 79.9. The molecule has 0 saturated carbocycles. The molecule has 0 aliphatic heterocycles. The molecule has 0 bridgehead atoms. The zero-order valence-corrected chi connectivity index (χ0v) is 13.0. The minimum absolute atomic E-state index is 0.213. The first-order chi connectivity index (χ1) is 8.97. The van der Waals surface area contributed by atoms with E-state index in [1.165, 1.54) is 0 Å². The SMILES string of the molecule is Cc1ccc(C(=O)Nc2ccc(C)cc2Br)c(Cl)c1. The number of hydrogen-bond acceptors (Lipinski definition) is 1. The van der Waals surface area contributed by atoms with Crippen LogP contribution in [0.1, 0.15) is 21.5 Å². The molecule has 0 atom stereocenters. The number of hydrogen-bond donors (Lipinski definition) is 1. The molecule has 1 amide bonds. The Kier molecular flexibility index (Phi) is 4.27. The lowest BCUT2D eigenvalue weighted by molar-refractivity contribution is 0.102. The lowest BCUT2D eigenvalue weighted by Gasteiger charge is -2.09. The van der Waals surface area contributed by atoms with Crippen molar-refractivity contribution < 1.29 is 4.79 Å². The van der Waals surface area contributed by atoms with Gasteiger partial charge in [-0.2, -0.15) is 0 Å². The van der Waals surface area contributed by atoms with Gasteiger partial charge in [0.05, 0.1) is 16.3 Å². The molecule has 4 heteroatoms. The Morgan fingerprint density at radius 2 is 1.74 bits per heavy atom. The van der Waals surface area contributed by atoms with E-state index in [-0.39, 0.29) is 5.91 Å². The monoisotopic (exact) mass is 337 g/mol. The van der Waals surface area contributed by atoms with E-state index >= 15 is 0 Å². The first kappa shape index (κ1) is 14.1. The molecular formula is C15H13BrClNO. The van der Waals surface area contributed by atoms with E-state index in [0.717, 1.165) is 21.3 Å². The van der Waals surface area contributed by atoms with Crippen molar-refractivity contribution in [1.82, 2.24) is 0 Å². The van der Waals surface area contributed by atoms with Crippen molar-refractivity contribution in [2.75, 3.05) is 5.32 Å². The molecule has 2 aromatic rings. The Morgan fingerprint density at radius 3 is 2.37 bits per heavy atom. The molecule has 2 aromatic carbocycles. The van der Waals surface area contributed by atoms with E-state index in [4.69, 9.17) is 11.6 Å². The highest BCUT2D eigenvalue weighted by Gasteiger charge is 2.11. The average Bonchev–Trinajstić information content (AvgIpc) is 2.32. The summed E-state index contributed by atoms with van der Waals surface area (Å²) in [5.74, 6) is -0.213. The van der Waals surface area contributed by atoms with E-state index < -0.39 is 0 Å². The molecule has 0 spiro atoms. The van der Waals surface area contributed by atoms with Gasteiger partial charge in [-0.05, 0) is 65.2 Å². The molecular weight excluding hydrogens is 326 g/mol. The van der Waals surface area contributed by atoms with Crippen LogP contribution in [0, 0.1) is 13.8 Å². The predicted molar refractivity (Wildman–Crippen MR) is 83.0 cm³/mol. The van der Waals surface area contributed by atoms with E-state index in [1.807, 2.05) is 38.1 Å². The number of benzene rings is 2. The van der Waals surface area contributed by atoms with Crippen LogP contribution in [0.5, 0.6) is 0 Å². The van der Waals surface area contributed by atoms with Crippen LogP contribution < -0.4 is 5.32 Å². The predicted octanol–water partition coefficient (Wildman–Crippen LogP) is 4.97. The quantitative estimate of drug-likeness (QED) is 0.823. The van der Waals surface area contributed by atoms with Gasteiger partial charge in [0.25, 0.3) is 5.91 Å². The van der Waals surface area contributed by atoms with Gasteiger partial charge in [-0.15, -0.1) is 0 Å². The van der Waals surface area contributed by atoms with Gasteiger partial charge >= 0.3 is 0 Å². The molecule has 0 radical (unpaired) electrons. The van der Waals surface area contributed by atoms with Crippen LogP contribution in [0.2, 0.25) is 5.02 Å². The smallest absolute Gasteiger partial charge is 0.257 e. The zero-order chi connectivity index (χ0) is 14.0. The van der Waals surface area contributed by atoms with Crippen LogP contribution >= 0.6 is 27.5 Å². The molecule has 0 aromatic heterocycles. The second-order valence-electron chi connectivity index (χ2n) is 4.42. The van der Waals surface area contributed by atoms with Gasteiger partial charge in [-0.3, -0.25) is 4.79 Å². The van der Waals surface area contributed by atoms with Gasteiger partial charge in [-0.1, -0.05) is 23.7 Å². The fourth-order valence-electron chi connectivity index (χ4n) is 1.72. The molecule has 19 heavy (non-hydrogen) atoms.